The molecule has 0 aliphatic heterocycles. The molecular weight excluding hydrogens is 247 g/mol. The molecule has 0 spiro atoms. The maximum absolute atomic E-state index is 13.1. The highest BCUT2D eigenvalue weighted by Gasteiger charge is 2.09. The molecule has 96 valence electrons. The molecule has 3 aromatic rings. The summed E-state index contributed by atoms with van der Waals surface area (Å²) in [6, 6.07) is 9.29. The predicted octanol–water partition coefficient (Wildman–Crippen LogP) is 3.08. The SMILES string of the molecule is COc1cc(-c2nc3ccc(F)cc3[nH]2)ccc1O. The summed E-state index contributed by atoms with van der Waals surface area (Å²) in [7, 11) is 1.48. The lowest BCUT2D eigenvalue weighted by Crippen LogP contribution is -1.86. The highest BCUT2D eigenvalue weighted by Crippen LogP contribution is 2.31. The molecule has 0 radical (unpaired) electrons. The van der Waals surface area contributed by atoms with E-state index in [-0.39, 0.29) is 11.6 Å². The van der Waals surface area contributed by atoms with Crippen LogP contribution >= 0.6 is 0 Å². The lowest BCUT2D eigenvalue weighted by Gasteiger charge is -2.04. The minimum atomic E-state index is -0.314. The topological polar surface area (TPSA) is 58.1 Å². The molecule has 1 aromatic heterocycles. The van der Waals surface area contributed by atoms with Crippen LogP contribution in [0.3, 0.4) is 0 Å². The van der Waals surface area contributed by atoms with Crippen molar-refractivity contribution in [2.75, 3.05) is 7.11 Å². The third-order valence-electron chi connectivity index (χ3n) is 2.90. The Morgan fingerprint density at radius 1 is 1.21 bits per heavy atom. The molecule has 0 amide bonds. The number of aromatic nitrogens is 2. The van der Waals surface area contributed by atoms with Crippen molar-refractivity contribution in [1.82, 2.24) is 9.97 Å². The molecule has 2 N–H and O–H groups in total. The summed E-state index contributed by atoms with van der Waals surface area (Å²) in [5.41, 5.74) is 2.07. The van der Waals surface area contributed by atoms with E-state index in [0.29, 0.717) is 22.6 Å². The van der Waals surface area contributed by atoms with E-state index in [1.165, 1.54) is 25.3 Å². The number of nitrogens with one attached hydrogen (secondary N) is 1. The predicted molar refractivity (Wildman–Crippen MR) is 69.7 cm³/mol. The van der Waals surface area contributed by atoms with Crippen LogP contribution in [0, 0.1) is 5.82 Å². The van der Waals surface area contributed by atoms with E-state index in [1.807, 2.05) is 0 Å². The van der Waals surface area contributed by atoms with Gasteiger partial charge in [0.1, 0.15) is 11.6 Å². The van der Waals surface area contributed by atoms with Gasteiger partial charge in [-0.2, -0.15) is 0 Å². The van der Waals surface area contributed by atoms with Crippen molar-refractivity contribution in [2.45, 2.75) is 0 Å². The number of imidazole rings is 1. The van der Waals surface area contributed by atoms with Gasteiger partial charge in [-0.3, -0.25) is 0 Å². The van der Waals surface area contributed by atoms with E-state index in [4.69, 9.17) is 4.74 Å². The maximum Gasteiger partial charge on any atom is 0.161 e. The summed E-state index contributed by atoms with van der Waals surface area (Å²) < 4.78 is 18.2. The quantitative estimate of drug-likeness (QED) is 0.742. The molecular formula is C14H11FN2O2. The van der Waals surface area contributed by atoms with E-state index >= 15 is 0 Å². The Hall–Kier alpha value is -2.56. The molecule has 0 aliphatic rings. The number of ether oxygens (including phenoxy) is 1. The third kappa shape index (κ3) is 1.99. The van der Waals surface area contributed by atoms with Crippen molar-refractivity contribution in [2.24, 2.45) is 0 Å². The number of methoxy groups -OCH3 is 1. The zero-order valence-corrected chi connectivity index (χ0v) is 10.1. The number of H-pyrrole nitrogens is 1. The first-order valence-electron chi connectivity index (χ1n) is 5.70. The summed E-state index contributed by atoms with van der Waals surface area (Å²) in [5, 5.41) is 9.55. The van der Waals surface area contributed by atoms with Gasteiger partial charge in [-0.15, -0.1) is 0 Å². The molecule has 0 fully saturated rings. The smallest absolute Gasteiger partial charge is 0.161 e. The Labute approximate surface area is 108 Å². The van der Waals surface area contributed by atoms with Crippen LogP contribution < -0.4 is 4.74 Å². The monoisotopic (exact) mass is 258 g/mol. The molecule has 0 unspecified atom stereocenters. The first-order valence-corrected chi connectivity index (χ1v) is 5.70. The summed E-state index contributed by atoms with van der Waals surface area (Å²) >= 11 is 0. The van der Waals surface area contributed by atoms with Crippen LogP contribution in [0.25, 0.3) is 22.4 Å². The van der Waals surface area contributed by atoms with E-state index < -0.39 is 0 Å². The largest absolute Gasteiger partial charge is 0.504 e. The van der Waals surface area contributed by atoms with Gasteiger partial charge in [-0.05, 0) is 36.4 Å². The Morgan fingerprint density at radius 3 is 2.84 bits per heavy atom. The van der Waals surface area contributed by atoms with Crippen molar-refractivity contribution in [1.29, 1.82) is 0 Å². The normalized spacial score (nSPS) is 10.8. The molecule has 0 aliphatic carbocycles. The number of benzene rings is 2. The van der Waals surface area contributed by atoms with Crippen LogP contribution in [0.5, 0.6) is 11.5 Å². The van der Waals surface area contributed by atoms with Crippen LogP contribution in [-0.4, -0.2) is 22.2 Å². The molecule has 2 aromatic carbocycles. The highest BCUT2D eigenvalue weighted by molar-refractivity contribution is 5.79. The van der Waals surface area contributed by atoms with Gasteiger partial charge in [0.2, 0.25) is 0 Å². The maximum atomic E-state index is 13.1. The van der Waals surface area contributed by atoms with E-state index in [0.717, 1.165) is 5.56 Å². The van der Waals surface area contributed by atoms with Crippen molar-refractivity contribution < 1.29 is 14.2 Å². The van der Waals surface area contributed by atoms with E-state index in [9.17, 15) is 9.50 Å². The minimum Gasteiger partial charge on any atom is -0.504 e. The van der Waals surface area contributed by atoms with E-state index in [2.05, 4.69) is 9.97 Å². The molecule has 0 bridgehead atoms. The van der Waals surface area contributed by atoms with Crippen molar-refractivity contribution in [3.05, 3.63) is 42.2 Å². The van der Waals surface area contributed by atoms with Gasteiger partial charge in [-0.25, -0.2) is 9.37 Å². The minimum absolute atomic E-state index is 0.0633. The lowest BCUT2D eigenvalue weighted by molar-refractivity contribution is 0.373. The van der Waals surface area contributed by atoms with Crippen LogP contribution in [0.1, 0.15) is 0 Å². The zero-order valence-electron chi connectivity index (χ0n) is 10.1. The molecule has 4 nitrogen and oxygen atoms in total. The Balaban J connectivity index is 2.13. The first-order chi connectivity index (χ1) is 9.17. The van der Waals surface area contributed by atoms with Gasteiger partial charge in [0.15, 0.2) is 11.5 Å². The standard InChI is InChI=1S/C14H11FN2O2/c1-19-13-6-8(2-5-12(13)18)14-16-10-4-3-9(15)7-11(10)17-14/h2-7,18H,1H3,(H,16,17). The molecule has 1 heterocycles. The molecule has 0 atom stereocenters. The third-order valence-corrected chi connectivity index (χ3v) is 2.90. The van der Waals surface area contributed by atoms with Crippen LogP contribution in [0.2, 0.25) is 0 Å². The second kappa shape index (κ2) is 4.28. The van der Waals surface area contributed by atoms with Gasteiger partial charge >= 0.3 is 0 Å². The Morgan fingerprint density at radius 2 is 2.05 bits per heavy atom. The van der Waals surface area contributed by atoms with Crippen molar-refractivity contribution in [3.8, 4) is 22.9 Å². The number of hydrogen-bond donors (Lipinski definition) is 2. The van der Waals surface area contributed by atoms with Gasteiger partial charge in [0.05, 0.1) is 18.1 Å². The molecule has 5 heteroatoms. The van der Waals surface area contributed by atoms with E-state index in [1.54, 1.807) is 18.2 Å². The first kappa shape index (κ1) is 11.5. The van der Waals surface area contributed by atoms with Gasteiger partial charge < -0.3 is 14.8 Å². The summed E-state index contributed by atoms with van der Waals surface area (Å²) in [4.78, 5) is 7.40. The molecule has 3 rings (SSSR count). The Bertz CT molecular complexity index is 752. The number of nitrogens with zero attached hydrogens (tertiary/aromatic N) is 1. The average molecular weight is 258 g/mol. The summed E-state index contributed by atoms with van der Waals surface area (Å²) in [6.45, 7) is 0. The van der Waals surface area contributed by atoms with Gasteiger partial charge in [0, 0.05) is 5.56 Å². The zero-order chi connectivity index (χ0) is 13.4. The second-order valence-corrected chi connectivity index (χ2v) is 4.13. The second-order valence-electron chi connectivity index (χ2n) is 4.13. The molecule has 19 heavy (non-hydrogen) atoms. The molecule has 0 saturated carbocycles. The Kier molecular flexibility index (Phi) is 2.59. The fraction of sp³-hybridized carbons (Fsp3) is 0.0714. The fourth-order valence-corrected chi connectivity index (χ4v) is 1.94. The summed E-state index contributed by atoms with van der Waals surface area (Å²) in [5.74, 6) is 0.711. The number of phenolic OH excluding ortho intramolecular Hbond substituents is 1. The number of hydrogen-bond acceptors (Lipinski definition) is 3. The lowest BCUT2D eigenvalue weighted by atomic mass is 10.2. The number of aromatic hydroxyl groups is 1. The molecule has 0 saturated heterocycles. The fourth-order valence-electron chi connectivity index (χ4n) is 1.94. The number of fused-ring (bicyclic) bond motifs is 1. The van der Waals surface area contributed by atoms with Crippen LogP contribution in [0.15, 0.2) is 36.4 Å². The van der Waals surface area contributed by atoms with Crippen LogP contribution in [-0.2, 0) is 0 Å². The highest BCUT2D eigenvalue weighted by atomic mass is 19.1. The van der Waals surface area contributed by atoms with Crippen molar-refractivity contribution in [3.63, 3.8) is 0 Å². The number of aromatic amines is 1. The van der Waals surface area contributed by atoms with Crippen LogP contribution in [0.4, 0.5) is 4.39 Å². The number of rotatable bonds is 2. The van der Waals surface area contributed by atoms with Gasteiger partial charge in [-0.1, -0.05) is 0 Å². The summed E-state index contributed by atoms with van der Waals surface area (Å²) in [6.07, 6.45) is 0. The number of phenols is 1. The van der Waals surface area contributed by atoms with Crippen molar-refractivity contribution >= 4 is 11.0 Å². The average Bonchev–Trinajstić information content (AvgIpc) is 2.82. The number of halogens is 1. The van der Waals surface area contributed by atoms with Gasteiger partial charge in [0.25, 0.3) is 0 Å².